The van der Waals surface area contributed by atoms with Crippen molar-refractivity contribution in [3.05, 3.63) is 65.2 Å². The van der Waals surface area contributed by atoms with Crippen molar-refractivity contribution in [1.82, 2.24) is 10.2 Å². The number of amides is 3. The van der Waals surface area contributed by atoms with Gasteiger partial charge in [0.25, 0.3) is 0 Å². The number of nitrogens with zero attached hydrogens (tertiary/aromatic N) is 2. The van der Waals surface area contributed by atoms with Crippen molar-refractivity contribution in [2.75, 3.05) is 31.1 Å². The molecule has 164 valence electrons. The number of benzene rings is 2. The minimum atomic E-state index is -1.09. The first-order chi connectivity index (χ1) is 14.8. The molecule has 0 saturated carbocycles. The SMILES string of the molecule is CC(=O)NC(CC(=O)N1CCN(c2ccc(C(N)=O)cc2)CC1)c1c(F)cccc1F. The number of hydrogen-bond donors (Lipinski definition) is 2. The van der Waals surface area contributed by atoms with Crippen LogP contribution in [0.4, 0.5) is 14.5 Å². The molecule has 1 heterocycles. The molecule has 0 aromatic heterocycles. The van der Waals surface area contributed by atoms with E-state index in [1.54, 1.807) is 29.2 Å². The molecule has 1 atom stereocenters. The Morgan fingerprint density at radius 1 is 1.00 bits per heavy atom. The van der Waals surface area contributed by atoms with E-state index in [9.17, 15) is 23.2 Å². The molecule has 0 spiro atoms. The molecule has 2 aromatic rings. The Morgan fingerprint density at radius 2 is 1.58 bits per heavy atom. The normalized spacial score (nSPS) is 14.8. The van der Waals surface area contributed by atoms with Crippen LogP contribution in [0.3, 0.4) is 0 Å². The van der Waals surface area contributed by atoms with Crippen molar-refractivity contribution in [3.8, 4) is 0 Å². The van der Waals surface area contributed by atoms with Gasteiger partial charge in [0, 0.05) is 49.9 Å². The first-order valence-corrected chi connectivity index (χ1v) is 9.90. The van der Waals surface area contributed by atoms with Crippen LogP contribution in [-0.2, 0) is 9.59 Å². The van der Waals surface area contributed by atoms with Gasteiger partial charge in [-0.15, -0.1) is 0 Å². The molecule has 1 aliphatic rings. The molecule has 0 aliphatic carbocycles. The Morgan fingerprint density at radius 3 is 2.10 bits per heavy atom. The number of nitrogens with one attached hydrogen (secondary N) is 1. The van der Waals surface area contributed by atoms with Gasteiger partial charge in [-0.05, 0) is 36.4 Å². The van der Waals surface area contributed by atoms with E-state index in [2.05, 4.69) is 10.2 Å². The fourth-order valence-electron chi connectivity index (χ4n) is 3.67. The summed E-state index contributed by atoms with van der Waals surface area (Å²) in [5.41, 5.74) is 6.26. The Kier molecular flexibility index (Phi) is 6.84. The largest absolute Gasteiger partial charge is 0.368 e. The van der Waals surface area contributed by atoms with Crippen LogP contribution >= 0.6 is 0 Å². The molecule has 31 heavy (non-hydrogen) atoms. The predicted octanol–water partition coefficient (Wildman–Crippen LogP) is 1.98. The minimum Gasteiger partial charge on any atom is -0.368 e. The second kappa shape index (κ2) is 9.55. The summed E-state index contributed by atoms with van der Waals surface area (Å²) in [5.74, 6) is -2.90. The van der Waals surface area contributed by atoms with Gasteiger partial charge in [-0.3, -0.25) is 14.4 Å². The van der Waals surface area contributed by atoms with E-state index < -0.39 is 29.5 Å². The van der Waals surface area contributed by atoms with Crippen molar-refractivity contribution in [2.45, 2.75) is 19.4 Å². The highest BCUT2D eigenvalue weighted by atomic mass is 19.1. The van der Waals surface area contributed by atoms with Crippen molar-refractivity contribution in [3.63, 3.8) is 0 Å². The quantitative estimate of drug-likeness (QED) is 0.733. The van der Waals surface area contributed by atoms with E-state index in [0.29, 0.717) is 31.7 Å². The van der Waals surface area contributed by atoms with Crippen LogP contribution in [0.15, 0.2) is 42.5 Å². The van der Waals surface area contributed by atoms with Crippen LogP contribution in [0.5, 0.6) is 0 Å². The third-order valence-corrected chi connectivity index (χ3v) is 5.25. The predicted molar refractivity (Wildman–Crippen MR) is 111 cm³/mol. The average molecular weight is 430 g/mol. The van der Waals surface area contributed by atoms with Crippen LogP contribution in [0.1, 0.15) is 35.3 Å². The average Bonchev–Trinajstić information content (AvgIpc) is 2.73. The molecular weight excluding hydrogens is 406 g/mol. The van der Waals surface area contributed by atoms with Gasteiger partial charge >= 0.3 is 0 Å². The summed E-state index contributed by atoms with van der Waals surface area (Å²) in [4.78, 5) is 39.2. The van der Waals surface area contributed by atoms with E-state index in [0.717, 1.165) is 17.8 Å². The summed E-state index contributed by atoms with van der Waals surface area (Å²) >= 11 is 0. The standard InChI is InChI=1S/C22H24F2N4O3/c1-14(29)26-19(21-17(23)3-2-4-18(21)24)13-20(30)28-11-9-27(10-12-28)16-7-5-15(6-8-16)22(25)31/h2-8,19H,9-13H2,1H3,(H2,25,31)(H,26,29). The zero-order chi connectivity index (χ0) is 22.5. The number of rotatable bonds is 6. The second-order valence-electron chi connectivity index (χ2n) is 7.37. The van der Waals surface area contributed by atoms with Crippen LogP contribution in [-0.4, -0.2) is 48.8 Å². The van der Waals surface area contributed by atoms with Crippen molar-refractivity contribution >= 4 is 23.4 Å². The number of halogens is 2. The first kappa shape index (κ1) is 22.2. The van der Waals surface area contributed by atoms with Crippen molar-refractivity contribution < 1.29 is 23.2 Å². The van der Waals surface area contributed by atoms with Gasteiger partial charge in [-0.25, -0.2) is 8.78 Å². The lowest BCUT2D eigenvalue weighted by Crippen LogP contribution is -2.49. The monoisotopic (exact) mass is 430 g/mol. The van der Waals surface area contributed by atoms with Crippen LogP contribution in [0.25, 0.3) is 0 Å². The number of carbonyl (C=O) groups is 3. The highest BCUT2D eigenvalue weighted by molar-refractivity contribution is 5.93. The number of carbonyl (C=O) groups excluding carboxylic acids is 3. The van der Waals surface area contributed by atoms with E-state index in [1.165, 1.54) is 13.0 Å². The maximum absolute atomic E-state index is 14.2. The van der Waals surface area contributed by atoms with Crippen molar-refractivity contribution in [1.29, 1.82) is 0 Å². The van der Waals surface area contributed by atoms with Gasteiger partial charge in [0.15, 0.2) is 0 Å². The van der Waals surface area contributed by atoms with Gasteiger partial charge in [0.2, 0.25) is 17.7 Å². The zero-order valence-corrected chi connectivity index (χ0v) is 17.1. The smallest absolute Gasteiger partial charge is 0.248 e. The third kappa shape index (κ3) is 5.36. The Hall–Kier alpha value is -3.49. The van der Waals surface area contributed by atoms with E-state index in [-0.39, 0.29) is 17.9 Å². The fourth-order valence-corrected chi connectivity index (χ4v) is 3.67. The molecule has 3 N–H and O–H groups in total. The van der Waals surface area contributed by atoms with Gasteiger partial charge in [-0.2, -0.15) is 0 Å². The van der Waals surface area contributed by atoms with Gasteiger partial charge in [-0.1, -0.05) is 6.07 Å². The van der Waals surface area contributed by atoms with Gasteiger partial charge < -0.3 is 20.9 Å². The lowest BCUT2D eigenvalue weighted by molar-refractivity contribution is -0.132. The first-order valence-electron chi connectivity index (χ1n) is 9.90. The van der Waals surface area contributed by atoms with E-state index >= 15 is 0 Å². The van der Waals surface area contributed by atoms with E-state index in [4.69, 9.17) is 5.73 Å². The molecule has 7 nitrogen and oxygen atoms in total. The molecule has 1 fully saturated rings. The molecule has 2 aromatic carbocycles. The van der Waals surface area contributed by atoms with Crippen LogP contribution in [0, 0.1) is 11.6 Å². The Balaban J connectivity index is 1.65. The molecule has 1 aliphatic heterocycles. The third-order valence-electron chi connectivity index (χ3n) is 5.25. The van der Waals surface area contributed by atoms with Crippen molar-refractivity contribution in [2.24, 2.45) is 5.73 Å². The highest BCUT2D eigenvalue weighted by Crippen LogP contribution is 2.25. The molecule has 1 saturated heterocycles. The van der Waals surface area contributed by atoms with Crippen LogP contribution < -0.4 is 16.0 Å². The molecule has 0 bridgehead atoms. The fraction of sp³-hybridized carbons (Fsp3) is 0.318. The summed E-state index contributed by atoms with van der Waals surface area (Å²) in [6.07, 6.45) is -0.245. The minimum absolute atomic E-state index is 0.245. The summed E-state index contributed by atoms with van der Waals surface area (Å²) < 4.78 is 28.4. The van der Waals surface area contributed by atoms with E-state index in [1.807, 2.05) is 0 Å². The Bertz CT molecular complexity index is 953. The molecule has 3 rings (SSSR count). The number of piperazine rings is 1. The topological polar surface area (TPSA) is 95.7 Å². The highest BCUT2D eigenvalue weighted by Gasteiger charge is 2.28. The lowest BCUT2D eigenvalue weighted by Gasteiger charge is -2.36. The summed E-state index contributed by atoms with van der Waals surface area (Å²) in [6.45, 7) is 3.19. The molecular formula is C22H24F2N4O3. The molecule has 1 unspecified atom stereocenters. The number of primary amides is 1. The number of hydrogen-bond acceptors (Lipinski definition) is 4. The lowest BCUT2D eigenvalue weighted by atomic mass is 10.0. The summed E-state index contributed by atoms with van der Waals surface area (Å²) in [6, 6.07) is 9.23. The molecule has 9 heteroatoms. The second-order valence-corrected chi connectivity index (χ2v) is 7.37. The zero-order valence-electron chi connectivity index (χ0n) is 17.1. The summed E-state index contributed by atoms with van der Waals surface area (Å²) in [7, 11) is 0. The maximum Gasteiger partial charge on any atom is 0.248 e. The number of nitrogens with two attached hydrogens (primary N) is 1. The maximum atomic E-state index is 14.2. The summed E-state index contributed by atoms with van der Waals surface area (Å²) in [5, 5.41) is 2.48. The molecule has 3 amide bonds. The van der Waals surface area contributed by atoms with Gasteiger partial charge in [0.1, 0.15) is 11.6 Å². The number of anilines is 1. The molecule has 0 radical (unpaired) electrons. The van der Waals surface area contributed by atoms with Crippen LogP contribution in [0.2, 0.25) is 0 Å². The van der Waals surface area contributed by atoms with Gasteiger partial charge in [0.05, 0.1) is 12.5 Å². The Labute approximate surface area is 178 Å².